The van der Waals surface area contributed by atoms with Crippen LogP contribution in [0, 0.1) is 0 Å². The molecule has 4 aliphatic rings. The number of hydrogen-bond acceptors (Lipinski definition) is 4. The second-order valence-corrected chi connectivity index (χ2v) is 6.29. The van der Waals surface area contributed by atoms with Crippen molar-refractivity contribution >= 4 is 0 Å². The number of benzene rings is 1. The van der Waals surface area contributed by atoms with E-state index in [9.17, 15) is 0 Å². The highest BCUT2D eigenvalue weighted by atomic mass is 16.7. The zero-order valence-corrected chi connectivity index (χ0v) is 12.4. The van der Waals surface area contributed by atoms with Crippen LogP contribution in [0.5, 0.6) is 17.2 Å². The Morgan fingerprint density at radius 1 is 1.05 bits per heavy atom. The Balaban J connectivity index is 1.26. The highest BCUT2D eigenvalue weighted by Crippen LogP contribution is 2.35. The van der Waals surface area contributed by atoms with E-state index in [0.717, 1.165) is 30.3 Å². The van der Waals surface area contributed by atoms with Crippen molar-refractivity contribution in [1.82, 2.24) is 4.90 Å². The topological polar surface area (TPSA) is 30.9 Å². The first kappa shape index (κ1) is 13.2. The number of nitrogens with zero attached hydrogens (tertiary/aromatic N) is 2. The van der Waals surface area contributed by atoms with E-state index in [1.54, 1.807) is 0 Å². The van der Waals surface area contributed by atoms with E-state index < -0.39 is 0 Å². The van der Waals surface area contributed by atoms with Gasteiger partial charge in [0.2, 0.25) is 6.79 Å². The fraction of sp³-hybridized carbons (Fsp3) is 0.625. The number of rotatable bonds is 5. The van der Waals surface area contributed by atoms with Gasteiger partial charge in [-0.25, -0.2) is 0 Å². The molecule has 4 heterocycles. The van der Waals surface area contributed by atoms with Gasteiger partial charge in [0.1, 0.15) is 5.75 Å². The Labute approximate surface area is 125 Å². The summed E-state index contributed by atoms with van der Waals surface area (Å²) in [6.07, 6.45) is 1.12. The summed E-state index contributed by atoms with van der Waals surface area (Å²) >= 11 is 0. The van der Waals surface area contributed by atoms with Gasteiger partial charge in [0.25, 0.3) is 0 Å². The van der Waals surface area contributed by atoms with Crippen molar-refractivity contribution in [2.24, 2.45) is 0 Å². The summed E-state index contributed by atoms with van der Waals surface area (Å²) in [5.74, 6) is 2.48. The van der Waals surface area contributed by atoms with Crippen molar-refractivity contribution in [1.29, 1.82) is 0 Å². The lowest BCUT2D eigenvalue weighted by Crippen LogP contribution is -2.67. The van der Waals surface area contributed by atoms with E-state index in [0.29, 0.717) is 6.79 Å². The average Bonchev–Trinajstić information content (AvgIpc) is 3.01. The van der Waals surface area contributed by atoms with Gasteiger partial charge < -0.3 is 18.7 Å². The molecule has 0 aliphatic carbocycles. The molecule has 5 rings (SSSR count). The molecular formula is C16H23N2O3+. The minimum absolute atomic E-state index is 0.315. The molecule has 0 saturated carbocycles. The molecule has 4 aliphatic heterocycles. The molecule has 5 nitrogen and oxygen atoms in total. The number of quaternary nitrogens is 1. The van der Waals surface area contributed by atoms with E-state index in [-0.39, 0.29) is 0 Å². The molecule has 5 heteroatoms. The van der Waals surface area contributed by atoms with Crippen LogP contribution in [0.4, 0.5) is 0 Å². The molecule has 1 aromatic carbocycles. The third-order valence-corrected chi connectivity index (χ3v) is 5.06. The predicted octanol–water partition coefficient (Wildman–Crippen LogP) is 1.33. The molecule has 3 fully saturated rings. The Kier molecular flexibility index (Phi) is 3.39. The summed E-state index contributed by atoms with van der Waals surface area (Å²) in [5.41, 5.74) is 0. The zero-order valence-electron chi connectivity index (χ0n) is 12.4. The van der Waals surface area contributed by atoms with Crippen molar-refractivity contribution in [3.63, 3.8) is 0 Å². The quantitative estimate of drug-likeness (QED) is 0.605. The minimum atomic E-state index is 0.315. The van der Waals surface area contributed by atoms with E-state index in [1.165, 1.54) is 50.3 Å². The van der Waals surface area contributed by atoms with Gasteiger partial charge in [-0.3, -0.25) is 4.90 Å². The van der Waals surface area contributed by atoms with E-state index in [4.69, 9.17) is 14.2 Å². The monoisotopic (exact) mass is 291 g/mol. The van der Waals surface area contributed by atoms with Gasteiger partial charge >= 0.3 is 0 Å². The van der Waals surface area contributed by atoms with Crippen LogP contribution < -0.4 is 14.2 Å². The van der Waals surface area contributed by atoms with Crippen molar-refractivity contribution in [3.05, 3.63) is 18.2 Å². The Morgan fingerprint density at radius 3 is 2.62 bits per heavy atom. The van der Waals surface area contributed by atoms with Gasteiger partial charge in [-0.15, -0.1) is 0 Å². The highest BCUT2D eigenvalue weighted by molar-refractivity contribution is 5.46. The summed E-state index contributed by atoms with van der Waals surface area (Å²) in [5, 5.41) is 0. The van der Waals surface area contributed by atoms with Crippen molar-refractivity contribution in [2.45, 2.75) is 6.42 Å². The maximum absolute atomic E-state index is 5.87. The van der Waals surface area contributed by atoms with E-state index >= 15 is 0 Å². The van der Waals surface area contributed by atoms with Gasteiger partial charge in [-0.05, 0) is 12.1 Å². The van der Waals surface area contributed by atoms with Crippen LogP contribution in [-0.2, 0) is 0 Å². The number of piperazine rings is 3. The van der Waals surface area contributed by atoms with Gasteiger partial charge in [-0.1, -0.05) is 0 Å². The molecular weight excluding hydrogens is 268 g/mol. The van der Waals surface area contributed by atoms with Crippen LogP contribution in [0.1, 0.15) is 6.42 Å². The van der Waals surface area contributed by atoms with E-state index in [2.05, 4.69) is 4.90 Å². The molecule has 0 spiro atoms. The molecule has 114 valence electrons. The third-order valence-electron chi connectivity index (χ3n) is 5.06. The van der Waals surface area contributed by atoms with Crippen LogP contribution in [0.2, 0.25) is 0 Å². The van der Waals surface area contributed by atoms with Crippen molar-refractivity contribution < 1.29 is 18.7 Å². The lowest BCUT2D eigenvalue weighted by Gasteiger charge is -2.50. The molecule has 2 bridgehead atoms. The van der Waals surface area contributed by atoms with Crippen LogP contribution in [-0.4, -0.2) is 68.6 Å². The zero-order chi connectivity index (χ0) is 14.1. The van der Waals surface area contributed by atoms with Crippen LogP contribution in [0.15, 0.2) is 18.2 Å². The number of hydrogen-bond donors (Lipinski definition) is 0. The first-order chi connectivity index (χ1) is 10.3. The van der Waals surface area contributed by atoms with E-state index in [1.807, 2.05) is 18.2 Å². The summed E-state index contributed by atoms with van der Waals surface area (Å²) in [6, 6.07) is 5.80. The Hall–Kier alpha value is -1.46. The standard InChI is InChI=1S/C16H23N2O3/c1(7-18-8-4-17(5-9-18)6-10-18)11-19-14-2-3-15-16(12-14)21-13-20-15/h2-3,12H,1,4-11,13H2/q+1. The maximum Gasteiger partial charge on any atom is 0.231 e. The van der Waals surface area contributed by atoms with Gasteiger partial charge in [-0.2, -0.15) is 0 Å². The second kappa shape index (κ2) is 5.39. The normalized spacial score (nSPS) is 29.6. The van der Waals surface area contributed by atoms with Gasteiger partial charge in [0, 0.05) is 32.1 Å². The smallest absolute Gasteiger partial charge is 0.231 e. The summed E-state index contributed by atoms with van der Waals surface area (Å²) in [7, 11) is 0. The highest BCUT2D eigenvalue weighted by Gasteiger charge is 2.37. The molecule has 0 amide bonds. The van der Waals surface area contributed by atoms with Crippen LogP contribution in [0.3, 0.4) is 0 Å². The average molecular weight is 291 g/mol. The lowest BCUT2D eigenvalue weighted by molar-refractivity contribution is -0.941. The molecule has 3 saturated heterocycles. The molecule has 1 aromatic rings. The largest absolute Gasteiger partial charge is 0.493 e. The third kappa shape index (κ3) is 2.68. The SMILES string of the molecule is c1cc2c(cc1OCCC[N+]13CCN(CC1)CC3)OCO2. The molecule has 0 N–H and O–H groups in total. The second-order valence-electron chi connectivity index (χ2n) is 6.29. The Morgan fingerprint density at radius 2 is 1.81 bits per heavy atom. The van der Waals surface area contributed by atoms with Gasteiger partial charge in [0.05, 0.1) is 32.8 Å². The van der Waals surface area contributed by atoms with Gasteiger partial charge in [0.15, 0.2) is 11.5 Å². The maximum atomic E-state index is 5.87. The summed E-state index contributed by atoms with van der Waals surface area (Å²) in [6.45, 7) is 10.2. The lowest BCUT2D eigenvalue weighted by atomic mass is 10.1. The molecule has 0 unspecified atom stereocenters. The predicted molar refractivity (Wildman–Crippen MR) is 78.8 cm³/mol. The van der Waals surface area contributed by atoms with Crippen molar-refractivity contribution in [2.75, 3.05) is 59.2 Å². The van der Waals surface area contributed by atoms with Crippen LogP contribution >= 0.6 is 0 Å². The number of ether oxygens (including phenoxy) is 3. The van der Waals surface area contributed by atoms with Crippen LogP contribution in [0.25, 0.3) is 0 Å². The molecule has 0 atom stereocenters. The number of fused-ring (bicyclic) bond motifs is 4. The summed E-state index contributed by atoms with van der Waals surface area (Å²) in [4.78, 5) is 2.59. The Bertz CT molecular complexity index is 498. The summed E-state index contributed by atoms with van der Waals surface area (Å²) < 4.78 is 17.9. The minimum Gasteiger partial charge on any atom is -0.493 e. The molecule has 0 aromatic heterocycles. The molecule has 0 radical (unpaired) electrons. The first-order valence-corrected chi connectivity index (χ1v) is 7.93. The molecule has 21 heavy (non-hydrogen) atoms. The first-order valence-electron chi connectivity index (χ1n) is 7.93. The fourth-order valence-corrected chi connectivity index (χ4v) is 3.62. The fourth-order valence-electron chi connectivity index (χ4n) is 3.62. The van der Waals surface area contributed by atoms with Crippen molar-refractivity contribution in [3.8, 4) is 17.2 Å².